The lowest BCUT2D eigenvalue weighted by Gasteiger charge is -2.15. The van der Waals surface area contributed by atoms with Gasteiger partial charge in [0.05, 0.1) is 0 Å². The van der Waals surface area contributed by atoms with Crippen LogP contribution >= 0.6 is 0 Å². The molecule has 2 aromatic rings. The number of halogens is 1. The van der Waals surface area contributed by atoms with E-state index in [0.29, 0.717) is 12.1 Å². The third kappa shape index (κ3) is 4.04. The Morgan fingerprint density at radius 2 is 1.86 bits per heavy atom. The molecular weight excluding hydrogens is 277 g/mol. The van der Waals surface area contributed by atoms with E-state index < -0.39 is 0 Å². The number of anilines is 1. The summed E-state index contributed by atoms with van der Waals surface area (Å²) in [5.74, 6) is 0.781. The average molecular weight is 299 g/mol. The largest absolute Gasteiger partial charge is 0.367 e. The van der Waals surface area contributed by atoms with E-state index in [-0.39, 0.29) is 5.82 Å². The fourth-order valence-corrected chi connectivity index (χ4v) is 3.00. The van der Waals surface area contributed by atoms with Gasteiger partial charge < -0.3 is 10.6 Å². The number of hydrogen-bond donors (Lipinski definition) is 2. The minimum absolute atomic E-state index is 0.181. The Morgan fingerprint density at radius 1 is 1.09 bits per heavy atom. The summed E-state index contributed by atoms with van der Waals surface area (Å²) in [6, 6.07) is 13.7. The molecule has 4 heteroatoms. The van der Waals surface area contributed by atoms with Gasteiger partial charge in [-0.2, -0.15) is 0 Å². The topological polar surface area (TPSA) is 37.0 Å². The minimum atomic E-state index is -0.181. The minimum Gasteiger partial charge on any atom is -0.367 e. The molecule has 3 nitrogen and oxygen atoms in total. The number of nitrogens with one attached hydrogen (secondary N) is 2. The Bertz CT molecular complexity index is 612. The first-order valence-corrected chi connectivity index (χ1v) is 7.87. The summed E-state index contributed by atoms with van der Waals surface area (Å²) in [7, 11) is 0. The Hall–Kier alpha value is -1.94. The van der Waals surface area contributed by atoms with Gasteiger partial charge in [-0.15, -0.1) is 0 Å². The Balaban J connectivity index is 1.47. The van der Waals surface area contributed by atoms with Crippen molar-refractivity contribution in [3.63, 3.8) is 0 Å². The molecule has 1 aliphatic rings. The molecule has 0 aliphatic heterocycles. The normalized spacial score (nSPS) is 21.0. The third-order valence-electron chi connectivity index (χ3n) is 4.18. The fraction of sp³-hybridized carbons (Fsp3) is 0.389. The second-order valence-electron chi connectivity index (χ2n) is 6.02. The molecule has 116 valence electrons. The molecule has 0 bridgehead atoms. The average Bonchev–Trinajstić information content (AvgIpc) is 2.94. The van der Waals surface area contributed by atoms with Crippen molar-refractivity contribution >= 4 is 5.82 Å². The summed E-state index contributed by atoms with van der Waals surface area (Å²) in [4.78, 5) is 4.50. The summed E-state index contributed by atoms with van der Waals surface area (Å²) in [6.07, 6.45) is 3.40. The molecule has 0 saturated heterocycles. The maximum Gasteiger partial charge on any atom is 0.126 e. The van der Waals surface area contributed by atoms with Crippen molar-refractivity contribution in [3.8, 4) is 0 Å². The first-order chi connectivity index (χ1) is 10.7. The van der Waals surface area contributed by atoms with Crippen molar-refractivity contribution in [2.45, 2.75) is 44.8 Å². The molecule has 1 heterocycles. The molecule has 0 amide bonds. The lowest BCUT2D eigenvalue weighted by atomic mass is 10.2. The van der Waals surface area contributed by atoms with Gasteiger partial charge >= 0.3 is 0 Å². The van der Waals surface area contributed by atoms with Crippen LogP contribution in [0.4, 0.5) is 10.2 Å². The second-order valence-corrected chi connectivity index (χ2v) is 6.02. The molecule has 3 rings (SSSR count). The van der Waals surface area contributed by atoms with Gasteiger partial charge in [-0.25, -0.2) is 9.37 Å². The molecule has 0 spiro atoms. The first kappa shape index (κ1) is 15.0. The number of aromatic nitrogens is 1. The van der Waals surface area contributed by atoms with Gasteiger partial charge in [0.25, 0.3) is 0 Å². The van der Waals surface area contributed by atoms with Gasteiger partial charge in [0.2, 0.25) is 0 Å². The summed E-state index contributed by atoms with van der Waals surface area (Å²) >= 11 is 0. The van der Waals surface area contributed by atoms with E-state index in [0.717, 1.165) is 42.9 Å². The lowest BCUT2D eigenvalue weighted by molar-refractivity contribution is 0.519. The fourth-order valence-electron chi connectivity index (χ4n) is 3.00. The number of aryl methyl sites for hydroxylation is 1. The van der Waals surface area contributed by atoms with Crippen LogP contribution in [0.1, 0.15) is 30.5 Å². The van der Waals surface area contributed by atoms with E-state index >= 15 is 0 Å². The number of hydrogen-bond acceptors (Lipinski definition) is 3. The molecule has 2 unspecified atom stereocenters. The molecule has 0 radical (unpaired) electrons. The summed E-state index contributed by atoms with van der Waals surface area (Å²) < 4.78 is 12.9. The van der Waals surface area contributed by atoms with Gasteiger partial charge in [0.15, 0.2) is 0 Å². The second kappa shape index (κ2) is 6.88. The van der Waals surface area contributed by atoms with Crippen LogP contribution in [0.3, 0.4) is 0 Å². The molecule has 1 aromatic heterocycles. The van der Waals surface area contributed by atoms with Crippen LogP contribution in [0.25, 0.3) is 0 Å². The Morgan fingerprint density at radius 3 is 2.64 bits per heavy atom. The van der Waals surface area contributed by atoms with Crippen LogP contribution in [-0.2, 0) is 6.54 Å². The van der Waals surface area contributed by atoms with Crippen LogP contribution in [-0.4, -0.2) is 17.1 Å². The smallest absolute Gasteiger partial charge is 0.126 e. The van der Waals surface area contributed by atoms with Crippen LogP contribution in [0.5, 0.6) is 0 Å². The molecule has 1 aromatic carbocycles. The van der Waals surface area contributed by atoms with Crippen LogP contribution in [0.2, 0.25) is 0 Å². The van der Waals surface area contributed by atoms with Gasteiger partial charge in [-0.3, -0.25) is 0 Å². The zero-order valence-corrected chi connectivity index (χ0v) is 12.8. The van der Waals surface area contributed by atoms with E-state index in [9.17, 15) is 4.39 Å². The highest BCUT2D eigenvalue weighted by Gasteiger charge is 2.24. The highest BCUT2D eigenvalue weighted by molar-refractivity contribution is 5.36. The molecule has 2 N–H and O–H groups in total. The maximum absolute atomic E-state index is 12.9. The number of rotatable bonds is 5. The van der Waals surface area contributed by atoms with Gasteiger partial charge in [-0.05, 0) is 56.0 Å². The summed E-state index contributed by atoms with van der Waals surface area (Å²) in [5.41, 5.74) is 2.16. The van der Waals surface area contributed by atoms with Crippen molar-refractivity contribution in [2.24, 2.45) is 0 Å². The molecule has 22 heavy (non-hydrogen) atoms. The quantitative estimate of drug-likeness (QED) is 0.885. The van der Waals surface area contributed by atoms with E-state index in [4.69, 9.17) is 0 Å². The van der Waals surface area contributed by atoms with Crippen molar-refractivity contribution in [2.75, 3.05) is 5.32 Å². The lowest BCUT2D eigenvalue weighted by Crippen LogP contribution is -2.27. The van der Waals surface area contributed by atoms with Crippen LogP contribution < -0.4 is 10.6 Å². The monoisotopic (exact) mass is 299 g/mol. The Kier molecular flexibility index (Phi) is 4.68. The van der Waals surface area contributed by atoms with Crippen molar-refractivity contribution in [1.82, 2.24) is 10.3 Å². The predicted octanol–water partition coefficient (Wildman–Crippen LogP) is 3.65. The maximum atomic E-state index is 12.9. The van der Waals surface area contributed by atoms with Crippen LogP contribution in [0, 0.1) is 12.7 Å². The standard InChI is InChI=1S/C18H22FN3/c1-13-3-2-4-18(21-13)22-17-10-9-16(11-17)20-12-14-5-7-15(19)8-6-14/h2-8,16-17,20H,9-12H2,1H3,(H,21,22). The van der Waals surface area contributed by atoms with Crippen LogP contribution in [0.15, 0.2) is 42.5 Å². The molecule has 1 saturated carbocycles. The van der Waals surface area contributed by atoms with E-state index in [2.05, 4.69) is 15.6 Å². The SMILES string of the molecule is Cc1cccc(NC2CCC(NCc3ccc(F)cc3)C2)n1. The highest BCUT2D eigenvalue weighted by atomic mass is 19.1. The van der Waals surface area contributed by atoms with Crippen molar-refractivity contribution < 1.29 is 4.39 Å². The number of pyridine rings is 1. The highest BCUT2D eigenvalue weighted by Crippen LogP contribution is 2.23. The number of nitrogens with zero attached hydrogens (tertiary/aromatic N) is 1. The zero-order valence-electron chi connectivity index (χ0n) is 12.8. The first-order valence-electron chi connectivity index (χ1n) is 7.87. The van der Waals surface area contributed by atoms with Crippen molar-refractivity contribution in [3.05, 3.63) is 59.5 Å². The summed E-state index contributed by atoms with van der Waals surface area (Å²) in [5, 5.41) is 7.08. The van der Waals surface area contributed by atoms with Gasteiger partial charge in [-0.1, -0.05) is 18.2 Å². The Labute approximate surface area is 131 Å². The number of benzene rings is 1. The molecule has 2 atom stereocenters. The van der Waals surface area contributed by atoms with Gasteiger partial charge in [0, 0.05) is 24.3 Å². The van der Waals surface area contributed by atoms with E-state index in [1.54, 1.807) is 0 Å². The molecular formula is C18H22FN3. The zero-order chi connectivity index (χ0) is 15.4. The summed E-state index contributed by atoms with van der Waals surface area (Å²) in [6.45, 7) is 2.80. The van der Waals surface area contributed by atoms with Gasteiger partial charge in [0.1, 0.15) is 11.6 Å². The van der Waals surface area contributed by atoms with E-state index in [1.165, 1.54) is 12.1 Å². The predicted molar refractivity (Wildman–Crippen MR) is 87.3 cm³/mol. The van der Waals surface area contributed by atoms with E-state index in [1.807, 2.05) is 37.3 Å². The molecule has 1 aliphatic carbocycles. The van der Waals surface area contributed by atoms with Crippen molar-refractivity contribution in [1.29, 1.82) is 0 Å². The third-order valence-corrected chi connectivity index (χ3v) is 4.18. The molecule has 1 fully saturated rings.